The molecule has 0 aromatic heterocycles. The lowest BCUT2D eigenvalue weighted by Gasteiger charge is -2.09. The second-order valence-corrected chi connectivity index (χ2v) is 3.09. The van der Waals surface area contributed by atoms with Gasteiger partial charge in [-0.2, -0.15) is 0 Å². The summed E-state index contributed by atoms with van der Waals surface area (Å²) in [6, 6.07) is 8.14. The normalized spacial score (nSPS) is 12.8. The summed E-state index contributed by atoms with van der Waals surface area (Å²) < 4.78 is 5.19. The van der Waals surface area contributed by atoms with E-state index in [1.807, 2.05) is 31.2 Å². The fraction of sp³-hybridized carbons (Fsp3) is 0.455. The van der Waals surface area contributed by atoms with Crippen LogP contribution < -0.4 is 0 Å². The van der Waals surface area contributed by atoms with E-state index in [2.05, 4.69) is 0 Å². The molecule has 1 rings (SSSR count). The van der Waals surface area contributed by atoms with Crippen LogP contribution in [0.25, 0.3) is 0 Å². The average molecular weight is 180 g/mol. The quantitative estimate of drug-likeness (QED) is 0.767. The van der Waals surface area contributed by atoms with Crippen molar-refractivity contribution in [2.75, 3.05) is 13.7 Å². The van der Waals surface area contributed by atoms with Crippen molar-refractivity contribution in [1.82, 2.24) is 0 Å². The lowest BCUT2D eigenvalue weighted by molar-refractivity contribution is 0.119. The standard InChI is InChI=1S/C11H16O2/c1-9(13-2)11-5-3-10(4-6-11)7-8-12/h3-6,9,12H,7-8H2,1-2H3. The zero-order chi connectivity index (χ0) is 9.68. The Morgan fingerprint density at radius 2 is 1.92 bits per heavy atom. The summed E-state index contributed by atoms with van der Waals surface area (Å²) in [6.07, 6.45) is 0.866. The molecule has 0 heterocycles. The molecule has 1 aromatic rings. The molecule has 1 N–H and O–H groups in total. The molecule has 0 radical (unpaired) electrons. The molecule has 0 aliphatic carbocycles. The summed E-state index contributed by atoms with van der Waals surface area (Å²) in [4.78, 5) is 0. The molecule has 0 bridgehead atoms. The van der Waals surface area contributed by atoms with Crippen molar-refractivity contribution < 1.29 is 9.84 Å². The molecule has 0 aliphatic rings. The van der Waals surface area contributed by atoms with Crippen molar-refractivity contribution in [2.45, 2.75) is 19.4 Å². The molecular formula is C11H16O2. The summed E-state index contributed by atoms with van der Waals surface area (Å²) in [5.74, 6) is 0. The van der Waals surface area contributed by atoms with Gasteiger partial charge in [-0.1, -0.05) is 24.3 Å². The Labute approximate surface area is 79.2 Å². The summed E-state index contributed by atoms with van der Waals surface area (Å²) in [6.45, 7) is 2.22. The Bertz CT molecular complexity index is 241. The largest absolute Gasteiger partial charge is 0.396 e. The van der Waals surface area contributed by atoms with Crippen molar-refractivity contribution in [3.63, 3.8) is 0 Å². The van der Waals surface area contributed by atoms with Gasteiger partial charge in [0, 0.05) is 13.7 Å². The lowest BCUT2D eigenvalue weighted by Crippen LogP contribution is -1.96. The molecule has 0 amide bonds. The molecule has 2 nitrogen and oxygen atoms in total. The van der Waals surface area contributed by atoms with Crippen LogP contribution in [0.15, 0.2) is 24.3 Å². The van der Waals surface area contributed by atoms with Crippen LogP contribution in [0.3, 0.4) is 0 Å². The predicted molar refractivity (Wildman–Crippen MR) is 52.7 cm³/mol. The van der Waals surface area contributed by atoms with E-state index in [-0.39, 0.29) is 12.7 Å². The van der Waals surface area contributed by atoms with Crippen LogP contribution >= 0.6 is 0 Å². The molecule has 0 saturated carbocycles. The average Bonchev–Trinajstić information content (AvgIpc) is 2.18. The van der Waals surface area contributed by atoms with Gasteiger partial charge < -0.3 is 9.84 Å². The SMILES string of the molecule is COC(C)c1ccc(CCO)cc1. The first-order valence-electron chi connectivity index (χ1n) is 4.50. The minimum absolute atomic E-state index is 0.142. The number of benzene rings is 1. The third-order valence-corrected chi connectivity index (χ3v) is 2.20. The fourth-order valence-corrected chi connectivity index (χ4v) is 1.22. The highest BCUT2D eigenvalue weighted by molar-refractivity contribution is 5.24. The molecular weight excluding hydrogens is 164 g/mol. The van der Waals surface area contributed by atoms with E-state index in [0.29, 0.717) is 0 Å². The van der Waals surface area contributed by atoms with Gasteiger partial charge in [0.2, 0.25) is 0 Å². The lowest BCUT2D eigenvalue weighted by atomic mass is 10.1. The van der Waals surface area contributed by atoms with Gasteiger partial charge in [0.25, 0.3) is 0 Å². The molecule has 0 fully saturated rings. The summed E-state index contributed by atoms with van der Waals surface area (Å²) in [7, 11) is 1.70. The van der Waals surface area contributed by atoms with Gasteiger partial charge in [-0.3, -0.25) is 0 Å². The van der Waals surface area contributed by atoms with Gasteiger partial charge in [-0.25, -0.2) is 0 Å². The summed E-state index contributed by atoms with van der Waals surface area (Å²) >= 11 is 0. The molecule has 0 aliphatic heterocycles. The zero-order valence-electron chi connectivity index (χ0n) is 8.16. The first-order valence-corrected chi connectivity index (χ1v) is 4.50. The number of hydrogen-bond acceptors (Lipinski definition) is 2. The first kappa shape index (κ1) is 10.2. The van der Waals surface area contributed by atoms with Gasteiger partial charge >= 0.3 is 0 Å². The maximum atomic E-state index is 8.72. The summed E-state index contributed by atoms with van der Waals surface area (Å²) in [5.41, 5.74) is 2.33. The van der Waals surface area contributed by atoms with Crippen molar-refractivity contribution in [2.24, 2.45) is 0 Å². The Morgan fingerprint density at radius 3 is 2.38 bits per heavy atom. The van der Waals surface area contributed by atoms with E-state index < -0.39 is 0 Å². The Morgan fingerprint density at radius 1 is 1.31 bits per heavy atom. The maximum absolute atomic E-state index is 8.72. The highest BCUT2D eigenvalue weighted by atomic mass is 16.5. The number of rotatable bonds is 4. The van der Waals surface area contributed by atoms with Crippen molar-refractivity contribution >= 4 is 0 Å². The second kappa shape index (κ2) is 5.00. The highest BCUT2D eigenvalue weighted by Crippen LogP contribution is 2.16. The molecule has 1 aromatic carbocycles. The first-order chi connectivity index (χ1) is 6.27. The minimum Gasteiger partial charge on any atom is -0.396 e. The van der Waals surface area contributed by atoms with Crippen LogP contribution in [-0.4, -0.2) is 18.8 Å². The van der Waals surface area contributed by atoms with Crippen molar-refractivity contribution in [1.29, 1.82) is 0 Å². The smallest absolute Gasteiger partial charge is 0.0793 e. The van der Waals surface area contributed by atoms with Crippen LogP contribution in [-0.2, 0) is 11.2 Å². The van der Waals surface area contributed by atoms with E-state index in [1.165, 1.54) is 5.56 Å². The zero-order valence-corrected chi connectivity index (χ0v) is 8.16. The van der Waals surface area contributed by atoms with E-state index in [4.69, 9.17) is 9.84 Å². The van der Waals surface area contributed by atoms with Crippen LogP contribution in [0.4, 0.5) is 0 Å². The van der Waals surface area contributed by atoms with Crippen molar-refractivity contribution in [3.05, 3.63) is 35.4 Å². The Balaban J connectivity index is 2.69. The molecule has 0 saturated heterocycles. The summed E-state index contributed by atoms with van der Waals surface area (Å²) in [5, 5.41) is 8.72. The van der Waals surface area contributed by atoms with Gasteiger partial charge in [0.1, 0.15) is 0 Å². The monoisotopic (exact) mass is 180 g/mol. The second-order valence-electron chi connectivity index (χ2n) is 3.09. The maximum Gasteiger partial charge on any atom is 0.0793 e. The van der Waals surface area contributed by atoms with Crippen LogP contribution in [0.1, 0.15) is 24.2 Å². The molecule has 2 heteroatoms. The van der Waals surface area contributed by atoms with E-state index in [1.54, 1.807) is 7.11 Å². The van der Waals surface area contributed by atoms with E-state index in [9.17, 15) is 0 Å². The van der Waals surface area contributed by atoms with Gasteiger partial charge in [-0.05, 0) is 24.5 Å². The predicted octanol–water partition coefficient (Wildman–Crippen LogP) is 1.93. The van der Waals surface area contributed by atoms with Gasteiger partial charge in [0.15, 0.2) is 0 Å². The third-order valence-electron chi connectivity index (χ3n) is 2.20. The molecule has 0 spiro atoms. The molecule has 1 unspecified atom stereocenters. The molecule has 1 atom stereocenters. The topological polar surface area (TPSA) is 29.5 Å². The van der Waals surface area contributed by atoms with E-state index >= 15 is 0 Å². The Hall–Kier alpha value is -0.860. The molecule has 13 heavy (non-hydrogen) atoms. The number of hydrogen-bond donors (Lipinski definition) is 1. The van der Waals surface area contributed by atoms with Gasteiger partial charge in [-0.15, -0.1) is 0 Å². The van der Waals surface area contributed by atoms with Crippen LogP contribution in [0.5, 0.6) is 0 Å². The van der Waals surface area contributed by atoms with E-state index in [0.717, 1.165) is 12.0 Å². The minimum atomic E-state index is 0.142. The number of aliphatic hydroxyl groups excluding tert-OH is 1. The van der Waals surface area contributed by atoms with Crippen LogP contribution in [0, 0.1) is 0 Å². The highest BCUT2D eigenvalue weighted by Gasteiger charge is 2.02. The Kier molecular flexibility index (Phi) is 3.93. The number of ether oxygens (including phenoxy) is 1. The van der Waals surface area contributed by atoms with Crippen LogP contribution in [0.2, 0.25) is 0 Å². The molecule has 72 valence electrons. The number of methoxy groups -OCH3 is 1. The van der Waals surface area contributed by atoms with Crippen molar-refractivity contribution in [3.8, 4) is 0 Å². The number of aliphatic hydroxyl groups is 1. The third kappa shape index (κ3) is 2.83. The van der Waals surface area contributed by atoms with Gasteiger partial charge in [0.05, 0.1) is 6.10 Å². The fourth-order valence-electron chi connectivity index (χ4n) is 1.22.